The summed E-state index contributed by atoms with van der Waals surface area (Å²) in [5.74, 6) is 1.48. The first-order chi connectivity index (χ1) is 15.4. The molecule has 2 aromatic heterocycles. The zero-order valence-corrected chi connectivity index (χ0v) is 20.0. The topological polar surface area (TPSA) is 84.4 Å². The van der Waals surface area contributed by atoms with E-state index in [-0.39, 0.29) is 23.5 Å². The Balaban J connectivity index is 1.42. The van der Waals surface area contributed by atoms with Crippen molar-refractivity contribution < 1.29 is 14.3 Å². The van der Waals surface area contributed by atoms with E-state index in [2.05, 4.69) is 27.2 Å². The third-order valence-electron chi connectivity index (χ3n) is 5.38. The van der Waals surface area contributed by atoms with E-state index in [1.54, 1.807) is 19.2 Å². The number of thiophene rings is 1. The van der Waals surface area contributed by atoms with Gasteiger partial charge >= 0.3 is 0 Å². The number of carbonyl (C=O) groups is 2. The van der Waals surface area contributed by atoms with Crippen LogP contribution in [0, 0.1) is 6.92 Å². The highest BCUT2D eigenvalue weighted by molar-refractivity contribution is 8.00. The van der Waals surface area contributed by atoms with Gasteiger partial charge in [-0.25, -0.2) is 9.97 Å². The number of nitrogens with one attached hydrogen (secondary N) is 1. The fraction of sp³-hybridized carbons (Fsp3) is 0.391. The number of nitrogens with zero attached hydrogens (tertiary/aromatic N) is 3. The highest BCUT2D eigenvalue weighted by Gasteiger charge is 2.21. The fourth-order valence-corrected chi connectivity index (χ4v) is 5.66. The summed E-state index contributed by atoms with van der Waals surface area (Å²) in [6, 6.07) is 9.27. The minimum absolute atomic E-state index is 0.0243. The van der Waals surface area contributed by atoms with Crippen LogP contribution in [-0.4, -0.2) is 65.6 Å². The molecule has 0 bridgehead atoms. The summed E-state index contributed by atoms with van der Waals surface area (Å²) in [6.07, 6.45) is 2.07. The number of piperidine rings is 1. The Kier molecular flexibility index (Phi) is 7.07. The molecule has 32 heavy (non-hydrogen) atoms. The number of ketones is 1. The normalized spacial score (nSPS) is 16.8. The van der Waals surface area contributed by atoms with Crippen LogP contribution in [0.3, 0.4) is 0 Å². The molecule has 1 aromatic carbocycles. The van der Waals surface area contributed by atoms with Crippen LogP contribution in [0.4, 0.5) is 0 Å². The van der Waals surface area contributed by atoms with E-state index in [4.69, 9.17) is 4.74 Å². The Morgan fingerprint density at radius 3 is 2.84 bits per heavy atom. The van der Waals surface area contributed by atoms with Crippen LogP contribution < -0.4 is 10.1 Å². The van der Waals surface area contributed by atoms with Crippen molar-refractivity contribution in [3.8, 4) is 5.75 Å². The van der Waals surface area contributed by atoms with Gasteiger partial charge in [0.2, 0.25) is 0 Å². The molecule has 168 valence electrons. The molecule has 1 aliphatic heterocycles. The lowest BCUT2D eigenvalue weighted by molar-refractivity contribution is 0.0916. The van der Waals surface area contributed by atoms with Gasteiger partial charge in [-0.2, -0.15) is 0 Å². The average molecular weight is 471 g/mol. The van der Waals surface area contributed by atoms with Gasteiger partial charge in [0, 0.05) is 18.0 Å². The summed E-state index contributed by atoms with van der Waals surface area (Å²) >= 11 is 2.62. The third-order valence-corrected chi connectivity index (χ3v) is 7.50. The number of Topliss-reactive ketones (excluding diaryl/α,β-unsaturated/α-hetero) is 1. The summed E-state index contributed by atoms with van der Waals surface area (Å²) in [4.78, 5) is 37.8. The molecule has 1 amide bonds. The molecule has 7 nitrogen and oxygen atoms in total. The second-order valence-electron chi connectivity index (χ2n) is 7.91. The predicted octanol–water partition coefficient (Wildman–Crippen LogP) is 3.81. The van der Waals surface area contributed by atoms with E-state index in [9.17, 15) is 9.59 Å². The largest absolute Gasteiger partial charge is 0.497 e. The molecule has 1 saturated heterocycles. The Hall–Kier alpha value is -2.49. The van der Waals surface area contributed by atoms with E-state index >= 15 is 0 Å². The van der Waals surface area contributed by atoms with Gasteiger partial charge in [-0.15, -0.1) is 11.3 Å². The van der Waals surface area contributed by atoms with Crippen molar-refractivity contribution in [2.24, 2.45) is 0 Å². The number of aryl methyl sites for hydroxylation is 1. The van der Waals surface area contributed by atoms with E-state index in [1.807, 2.05) is 25.1 Å². The first kappa shape index (κ1) is 22.7. The number of aromatic nitrogens is 2. The Morgan fingerprint density at radius 2 is 2.06 bits per heavy atom. The predicted molar refractivity (Wildman–Crippen MR) is 128 cm³/mol. The molecule has 4 rings (SSSR count). The molecule has 1 atom stereocenters. The number of carbonyl (C=O) groups excluding carboxylic acids is 2. The molecule has 1 N–H and O–H groups in total. The van der Waals surface area contributed by atoms with Crippen LogP contribution in [0.2, 0.25) is 0 Å². The zero-order chi connectivity index (χ0) is 22.7. The molecule has 0 aliphatic carbocycles. The molecule has 9 heteroatoms. The highest BCUT2D eigenvalue weighted by atomic mass is 32.2. The number of fused-ring (bicyclic) bond motifs is 1. The average Bonchev–Trinajstić information content (AvgIpc) is 3.27. The second-order valence-corrected chi connectivity index (χ2v) is 9.96. The molecule has 1 aliphatic rings. The first-order valence-electron chi connectivity index (χ1n) is 10.5. The van der Waals surface area contributed by atoms with Gasteiger partial charge in [0.05, 0.1) is 28.1 Å². The standard InChI is InChI=1S/C23H26N4O3S2/c1-14-24-18-7-6-16(30-3)11-17(18)23(25-14)31-13-19(28)20-8-9-21(32-20)22(29)26-15-5-4-10-27(2)12-15/h6-9,11,15H,4-5,10,12-13H2,1-3H3,(H,26,29). The van der Waals surface area contributed by atoms with E-state index in [1.165, 1.54) is 23.1 Å². The number of likely N-dealkylation sites (tertiary alicyclic amines) is 1. The van der Waals surface area contributed by atoms with Gasteiger partial charge in [0.15, 0.2) is 5.78 Å². The zero-order valence-electron chi connectivity index (χ0n) is 18.4. The number of benzene rings is 1. The monoisotopic (exact) mass is 470 g/mol. The second kappa shape index (κ2) is 9.97. The number of amides is 1. The van der Waals surface area contributed by atoms with Crippen molar-refractivity contribution in [2.75, 3.05) is 33.0 Å². The van der Waals surface area contributed by atoms with Crippen molar-refractivity contribution >= 4 is 45.7 Å². The van der Waals surface area contributed by atoms with Crippen LogP contribution in [0.5, 0.6) is 5.75 Å². The minimum Gasteiger partial charge on any atom is -0.497 e. The van der Waals surface area contributed by atoms with Gasteiger partial charge in [-0.05, 0) is 63.7 Å². The maximum Gasteiger partial charge on any atom is 0.261 e. The molecule has 1 unspecified atom stereocenters. The van der Waals surface area contributed by atoms with Crippen LogP contribution in [0.15, 0.2) is 35.4 Å². The summed E-state index contributed by atoms with van der Waals surface area (Å²) in [7, 11) is 3.68. The van der Waals surface area contributed by atoms with Crippen molar-refractivity contribution in [3.63, 3.8) is 0 Å². The number of likely N-dealkylation sites (N-methyl/N-ethyl adjacent to an activating group) is 1. The van der Waals surface area contributed by atoms with Crippen LogP contribution in [0.25, 0.3) is 10.9 Å². The van der Waals surface area contributed by atoms with Crippen LogP contribution in [0.1, 0.15) is 38.0 Å². The van der Waals surface area contributed by atoms with E-state index in [0.717, 1.165) is 47.6 Å². The van der Waals surface area contributed by atoms with Crippen molar-refractivity contribution in [1.29, 1.82) is 0 Å². The van der Waals surface area contributed by atoms with Crippen molar-refractivity contribution in [2.45, 2.75) is 30.8 Å². The maximum absolute atomic E-state index is 12.8. The number of hydrogen-bond donors (Lipinski definition) is 1. The van der Waals surface area contributed by atoms with Gasteiger partial charge in [-0.3, -0.25) is 9.59 Å². The van der Waals surface area contributed by atoms with E-state index < -0.39 is 0 Å². The molecule has 0 spiro atoms. The lowest BCUT2D eigenvalue weighted by Gasteiger charge is -2.30. The summed E-state index contributed by atoms with van der Waals surface area (Å²) in [6.45, 7) is 3.76. The SMILES string of the molecule is COc1ccc2nc(C)nc(SCC(=O)c3ccc(C(=O)NC4CCCN(C)C4)s3)c2c1. The van der Waals surface area contributed by atoms with Gasteiger partial charge in [-0.1, -0.05) is 11.8 Å². The van der Waals surface area contributed by atoms with Gasteiger partial charge in [0.1, 0.15) is 16.6 Å². The molecule has 1 fully saturated rings. The fourth-order valence-electron chi connectivity index (χ4n) is 3.78. The van der Waals surface area contributed by atoms with Gasteiger partial charge in [0.25, 0.3) is 5.91 Å². The molecule has 3 aromatic rings. The lowest BCUT2D eigenvalue weighted by Crippen LogP contribution is -2.46. The molecule has 0 saturated carbocycles. The maximum atomic E-state index is 12.8. The van der Waals surface area contributed by atoms with Crippen molar-refractivity contribution in [3.05, 3.63) is 45.9 Å². The number of ether oxygens (including phenoxy) is 1. The summed E-state index contributed by atoms with van der Waals surface area (Å²) < 4.78 is 5.32. The summed E-state index contributed by atoms with van der Waals surface area (Å²) in [5, 5.41) is 4.70. The Bertz CT molecular complexity index is 1150. The Labute approximate surface area is 195 Å². The number of methoxy groups -OCH3 is 1. The van der Waals surface area contributed by atoms with Crippen molar-refractivity contribution in [1.82, 2.24) is 20.2 Å². The number of rotatable bonds is 7. The molecule has 0 radical (unpaired) electrons. The molecular formula is C23H26N4O3S2. The van der Waals surface area contributed by atoms with Crippen LogP contribution in [-0.2, 0) is 0 Å². The molecular weight excluding hydrogens is 444 g/mol. The third kappa shape index (κ3) is 5.28. The lowest BCUT2D eigenvalue weighted by atomic mass is 10.1. The number of hydrogen-bond acceptors (Lipinski definition) is 8. The smallest absolute Gasteiger partial charge is 0.261 e. The molecule has 3 heterocycles. The minimum atomic E-state index is -0.105. The highest BCUT2D eigenvalue weighted by Crippen LogP contribution is 2.29. The van der Waals surface area contributed by atoms with E-state index in [0.29, 0.717) is 15.6 Å². The first-order valence-corrected chi connectivity index (χ1v) is 12.3. The van der Waals surface area contributed by atoms with Gasteiger partial charge < -0.3 is 15.0 Å². The Morgan fingerprint density at radius 1 is 1.25 bits per heavy atom. The number of thioether (sulfide) groups is 1. The van der Waals surface area contributed by atoms with Crippen LogP contribution >= 0.6 is 23.1 Å². The summed E-state index contributed by atoms with van der Waals surface area (Å²) in [5.41, 5.74) is 0.816. The quantitative estimate of drug-likeness (QED) is 0.319.